The molecule has 1 atom stereocenters. The normalized spacial score (nSPS) is 12.5. The van der Waals surface area contributed by atoms with Crippen LogP contribution in [0.15, 0.2) is 12.1 Å². The van der Waals surface area contributed by atoms with Crippen molar-refractivity contribution in [1.82, 2.24) is 4.98 Å². The number of aromatic nitrogens is 1. The summed E-state index contributed by atoms with van der Waals surface area (Å²) in [6, 6.07) is 3.26. The average molecular weight is 313 g/mol. The van der Waals surface area contributed by atoms with E-state index in [1.54, 1.807) is 18.4 Å². The van der Waals surface area contributed by atoms with Crippen LogP contribution < -0.4 is 5.32 Å². The average Bonchev–Trinajstić information content (AvgIpc) is 2.72. The molecule has 6 nitrogen and oxygen atoms in total. The Kier molecular flexibility index (Phi) is 4.66. The molecular weight excluding hydrogens is 298 g/mol. The highest BCUT2D eigenvalue weighted by Gasteiger charge is 2.16. The van der Waals surface area contributed by atoms with E-state index in [2.05, 4.69) is 10.3 Å². The second-order valence-corrected chi connectivity index (χ2v) is 7.17. The molecule has 0 aliphatic heterocycles. The Morgan fingerprint density at radius 2 is 2.25 bits per heavy atom. The molecule has 1 heterocycles. The van der Waals surface area contributed by atoms with Gasteiger partial charge in [-0.3, -0.25) is 14.3 Å². The second kappa shape index (κ2) is 6.27. The first-order valence-electron chi connectivity index (χ1n) is 6.07. The molecule has 0 fully saturated rings. The number of rotatable bonds is 6. The van der Waals surface area contributed by atoms with Crippen molar-refractivity contribution in [3.8, 4) is 0 Å². The maximum Gasteiger partial charge on any atom is 0.293 e. The minimum absolute atomic E-state index is 0.0544. The monoisotopic (exact) mass is 313 g/mol. The molecule has 8 heteroatoms. The van der Waals surface area contributed by atoms with Crippen LogP contribution in [0.4, 0.5) is 11.4 Å². The van der Waals surface area contributed by atoms with Gasteiger partial charge in [0.05, 0.1) is 20.1 Å². The zero-order chi connectivity index (χ0) is 14.7. The van der Waals surface area contributed by atoms with Crippen molar-refractivity contribution in [3.05, 3.63) is 27.3 Å². The smallest absolute Gasteiger partial charge is 0.293 e. The Morgan fingerprint density at radius 3 is 2.90 bits per heavy atom. The topological polar surface area (TPSA) is 85.1 Å². The van der Waals surface area contributed by atoms with Gasteiger partial charge in [0.25, 0.3) is 5.69 Å². The number of hydrogen-bond donors (Lipinski definition) is 1. The minimum Gasteiger partial charge on any atom is -0.379 e. The van der Waals surface area contributed by atoms with Gasteiger partial charge in [-0.15, -0.1) is 11.3 Å². The maximum absolute atomic E-state index is 11.1. The standard InChI is InChI=1S/C12H15N3O3S2/c1-8-14-10-6-9(13-4-3-5-20(2)18)11(15(16)17)7-12(10)19-8/h6-7,13H,3-5H2,1-2H3. The van der Waals surface area contributed by atoms with Crippen LogP contribution in [0.25, 0.3) is 10.2 Å². The first kappa shape index (κ1) is 14.9. The minimum atomic E-state index is -0.841. The predicted octanol–water partition coefficient (Wildman–Crippen LogP) is 2.69. The highest BCUT2D eigenvalue weighted by atomic mass is 32.2. The van der Waals surface area contributed by atoms with Crippen LogP contribution in [0.2, 0.25) is 0 Å². The summed E-state index contributed by atoms with van der Waals surface area (Å²) in [5.41, 5.74) is 1.29. The fourth-order valence-corrected chi connectivity index (χ4v) is 3.26. The lowest BCUT2D eigenvalue weighted by Gasteiger charge is -2.06. The van der Waals surface area contributed by atoms with Crippen molar-refractivity contribution >= 4 is 43.7 Å². The highest BCUT2D eigenvalue weighted by Crippen LogP contribution is 2.32. The third-order valence-electron chi connectivity index (χ3n) is 2.73. The molecule has 0 aliphatic rings. The van der Waals surface area contributed by atoms with Crippen molar-refractivity contribution in [1.29, 1.82) is 0 Å². The van der Waals surface area contributed by atoms with E-state index in [0.717, 1.165) is 15.2 Å². The van der Waals surface area contributed by atoms with Crippen molar-refractivity contribution in [2.75, 3.05) is 23.9 Å². The lowest BCUT2D eigenvalue weighted by molar-refractivity contribution is -0.383. The molecular formula is C12H15N3O3S2. The van der Waals surface area contributed by atoms with Gasteiger partial charge >= 0.3 is 0 Å². The van der Waals surface area contributed by atoms with Gasteiger partial charge in [0, 0.05) is 35.4 Å². The van der Waals surface area contributed by atoms with E-state index in [1.165, 1.54) is 11.3 Å². The summed E-state index contributed by atoms with van der Waals surface area (Å²) in [4.78, 5) is 15.1. The van der Waals surface area contributed by atoms with Gasteiger partial charge in [0.15, 0.2) is 0 Å². The van der Waals surface area contributed by atoms with Crippen LogP contribution in [-0.2, 0) is 10.8 Å². The van der Waals surface area contributed by atoms with E-state index in [-0.39, 0.29) is 5.69 Å². The number of hydrogen-bond acceptors (Lipinski definition) is 6. The van der Waals surface area contributed by atoms with Crippen LogP contribution in [0, 0.1) is 17.0 Å². The zero-order valence-corrected chi connectivity index (χ0v) is 12.8. The summed E-state index contributed by atoms with van der Waals surface area (Å²) >= 11 is 1.44. The van der Waals surface area contributed by atoms with Crippen molar-refractivity contribution < 1.29 is 9.13 Å². The summed E-state index contributed by atoms with van der Waals surface area (Å²) in [5.74, 6) is 0.582. The molecule has 1 N–H and O–H groups in total. The molecule has 108 valence electrons. The fraction of sp³-hybridized carbons (Fsp3) is 0.417. The third-order valence-corrected chi connectivity index (χ3v) is 4.53. The molecule has 0 bridgehead atoms. The highest BCUT2D eigenvalue weighted by molar-refractivity contribution is 7.84. The Hall–Kier alpha value is -1.54. The van der Waals surface area contributed by atoms with Gasteiger partial charge in [0.1, 0.15) is 5.69 Å². The summed E-state index contributed by atoms with van der Waals surface area (Å²) in [7, 11) is -0.841. The number of nitrogens with one attached hydrogen (secondary N) is 1. The molecule has 1 aromatic carbocycles. The Labute approximate surface area is 122 Å². The first-order valence-corrected chi connectivity index (χ1v) is 8.61. The molecule has 20 heavy (non-hydrogen) atoms. The van der Waals surface area contributed by atoms with Crippen LogP contribution in [-0.4, -0.2) is 32.7 Å². The van der Waals surface area contributed by atoms with Crippen molar-refractivity contribution in [2.45, 2.75) is 13.3 Å². The largest absolute Gasteiger partial charge is 0.379 e. The molecule has 0 amide bonds. The lowest BCUT2D eigenvalue weighted by atomic mass is 10.2. The first-order chi connectivity index (χ1) is 9.47. The molecule has 2 rings (SSSR count). The number of benzene rings is 1. The van der Waals surface area contributed by atoms with E-state index in [0.29, 0.717) is 24.4 Å². The number of nitrogens with zero attached hydrogens (tertiary/aromatic N) is 2. The van der Waals surface area contributed by atoms with Crippen LogP contribution in [0.3, 0.4) is 0 Å². The van der Waals surface area contributed by atoms with E-state index in [9.17, 15) is 14.3 Å². The van der Waals surface area contributed by atoms with Gasteiger partial charge < -0.3 is 5.32 Å². The molecule has 2 aromatic rings. The zero-order valence-electron chi connectivity index (χ0n) is 11.2. The van der Waals surface area contributed by atoms with Crippen molar-refractivity contribution in [3.63, 3.8) is 0 Å². The Balaban J connectivity index is 2.22. The van der Waals surface area contributed by atoms with Crippen molar-refractivity contribution in [2.24, 2.45) is 0 Å². The molecule has 1 aromatic heterocycles. The molecule has 0 aliphatic carbocycles. The predicted molar refractivity (Wildman–Crippen MR) is 83.1 cm³/mol. The number of anilines is 1. The second-order valence-electron chi connectivity index (χ2n) is 4.38. The summed E-state index contributed by atoms with van der Waals surface area (Å²) in [6.07, 6.45) is 2.35. The number of fused-ring (bicyclic) bond motifs is 1. The van der Waals surface area contributed by atoms with Gasteiger partial charge in [0.2, 0.25) is 0 Å². The van der Waals surface area contributed by atoms with E-state index in [4.69, 9.17) is 0 Å². The van der Waals surface area contributed by atoms with E-state index < -0.39 is 15.7 Å². The van der Waals surface area contributed by atoms with E-state index >= 15 is 0 Å². The van der Waals surface area contributed by atoms with Crippen LogP contribution >= 0.6 is 11.3 Å². The lowest BCUT2D eigenvalue weighted by Crippen LogP contribution is -2.07. The number of thiazole rings is 1. The molecule has 0 spiro atoms. The maximum atomic E-state index is 11.1. The summed E-state index contributed by atoms with van der Waals surface area (Å²) < 4.78 is 11.8. The summed E-state index contributed by atoms with van der Waals surface area (Å²) in [5, 5.41) is 15.0. The van der Waals surface area contributed by atoms with Gasteiger partial charge in [-0.1, -0.05) is 0 Å². The van der Waals surface area contributed by atoms with Crippen LogP contribution in [0.5, 0.6) is 0 Å². The Morgan fingerprint density at radius 1 is 1.50 bits per heavy atom. The van der Waals surface area contributed by atoms with Gasteiger partial charge in [-0.05, 0) is 19.4 Å². The molecule has 0 saturated heterocycles. The molecule has 0 saturated carbocycles. The number of nitro benzene ring substituents is 1. The van der Waals surface area contributed by atoms with Crippen LogP contribution in [0.1, 0.15) is 11.4 Å². The summed E-state index contributed by atoms with van der Waals surface area (Å²) in [6.45, 7) is 2.43. The fourth-order valence-electron chi connectivity index (χ4n) is 1.87. The SMILES string of the molecule is Cc1nc2cc(NCCCS(C)=O)c([N+](=O)[O-])cc2s1. The molecule has 1 unspecified atom stereocenters. The Bertz CT molecular complexity index is 669. The molecule has 0 radical (unpaired) electrons. The van der Waals surface area contributed by atoms with Gasteiger partial charge in [-0.25, -0.2) is 4.98 Å². The number of nitro groups is 1. The number of aryl methyl sites for hydroxylation is 1. The quantitative estimate of drug-likeness (QED) is 0.503. The third kappa shape index (κ3) is 3.51. The van der Waals surface area contributed by atoms with E-state index in [1.807, 2.05) is 6.92 Å². The van der Waals surface area contributed by atoms with Gasteiger partial charge in [-0.2, -0.15) is 0 Å².